The standard InChI is InChI=1S/C34H32ClN3O5S/c1-21-16-29(31(43-4)20-28(21)35)37-32(39)22(2)44-27-15-9-13-25(19-27)36-34(41)30(18-23-10-8-14-26(17-23)42-3)38-33(40)24-11-6-5-7-12-24/h5-20,22H,1-4H3,(H,36,41)(H,37,39)(H,38,40)/b30-18-. The van der Waals surface area contributed by atoms with Crippen molar-refractivity contribution in [3.63, 3.8) is 0 Å². The monoisotopic (exact) mass is 629 g/mol. The van der Waals surface area contributed by atoms with Crippen molar-refractivity contribution in [1.29, 1.82) is 0 Å². The Balaban J connectivity index is 1.50. The number of carbonyl (C=O) groups is 3. The van der Waals surface area contributed by atoms with Gasteiger partial charge in [-0.05, 0) is 79.6 Å². The van der Waals surface area contributed by atoms with Gasteiger partial charge < -0.3 is 25.4 Å². The Labute approximate surface area is 265 Å². The maximum Gasteiger partial charge on any atom is 0.272 e. The van der Waals surface area contributed by atoms with E-state index in [1.54, 1.807) is 105 Å². The van der Waals surface area contributed by atoms with E-state index in [-0.39, 0.29) is 11.6 Å². The van der Waals surface area contributed by atoms with Crippen LogP contribution in [0.15, 0.2) is 102 Å². The van der Waals surface area contributed by atoms with Crippen LogP contribution in [0.4, 0.5) is 11.4 Å². The van der Waals surface area contributed by atoms with Gasteiger partial charge in [-0.2, -0.15) is 0 Å². The summed E-state index contributed by atoms with van der Waals surface area (Å²) in [4.78, 5) is 40.2. The van der Waals surface area contributed by atoms with Crippen LogP contribution in [-0.2, 0) is 9.59 Å². The summed E-state index contributed by atoms with van der Waals surface area (Å²) >= 11 is 7.52. The first kappa shape index (κ1) is 32.2. The highest BCUT2D eigenvalue weighted by atomic mass is 35.5. The minimum Gasteiger partial charge on any atom is -0.497 e. The van der Waals surface area contributed by atoms with E-state index < -0.39 is 17.1 Å². The average molecular weight is 630 g/mol. The van der Waals surface area contributed by atoms with E-state index in [2.05, 4.69) is 16.0 Å². The van der Waals surface area contributed by atoms with Gasteiger partial charge in [0.05, 0.1) is 25.2 Å². The van der Waals surface area contributed by atoms with Crippen molar-refractivity contribution in [3.05, 3.63) is 118 Å². The average Bonchev–Trinajstić information content (AvgIpc) is 3.02. The van der Waals surface area contributed by atoms with Gasteiger partial charge in [0, 0.05) is 27.2 Å². The van der Waals surface area contributed by atoms with Crippen molar-refractivity contribution < 1.29 is 23.9 Å². The van der Waals surface area contributed by atoms with Crippen molar-refractivity contribution in [3.8, 4) is 11.5 Å². The molecule has 44 heavy (non-hydrogen) atoms. The molecular weight excluding hydrogens is 598 g/mol. The summed E-state index contributed by atoms with van der Waals surface area (Å²) in [5, 5.41) is 8.57. The molecule has 0 fully saturated rings. The number of thioether (sulfide) groups is 1. The first-order valence-electron chi connectivity index (χ1n) is 13.6. The highest BCUT2D eigenvalue weighted by molar-refractivity contribution is 8.00. The molecule has 0 aliphatic rings. The highest BCUT2D eigenvalue weighted by Crippen LogP contribution is 2.32. The van der Waals surface area contributed by atoms with Gasteiger partial charge in [-0.3, -0.25) is 14.4 Å². The van der Waals surface area contributed by atoms with Gasteiger partial charge in [-0.25, -0.2) is 0 Å². The fourth-order valence-corrected chi connectivity index (χ4v) is 5.19. The zero-order valence-corrected chi connectivity index (χ0v) is 26.2. The second kappa shape index (κ2) is 15.1. The van der Waals surface area contributed by atoms with Gasteiger partial charge in [0.1, 0.15) is 17.2 Å². The van der Waals surface area contributed by atoms with E-state index in [4.69, 9.17) is 21.1 Å². The number of ether oxygens (including phenoxy) is 2. The summed E-state index contributed by atoms with van der Waals surface area (Å²) in [5.41, 5.74) is 2.96. The van der Waals surface area contributed by atoms with Gasteiger partial charge in [-0.1, -0.05) is 48.0 Å². The molecule has 0 aromatic heterocycles. The summed E-state index contributed by atoms with van der Waals surface area (Å²) < 4.78 is 10.7. The van der Waals surface area contributed by atoms with Crippen molar-refractivity contribution in [2.45, 2.75) is 24.0 Å². The highest BCUT2D eigenvalue weighted by Gasteiger charge is 2.19. The molecule has 4 aromatic carbocycles. The molecule has 0 aliphatic carbocycles. The summed E-state index contributed by atoms with van der Waals surface area (Å²) in [6.07, 6.45) is 1.58. The van der Waals surface area contributed by atoms with Gasteiger partial charge in [-0.15, -0.1) is 11.8 Å². The Kier molecular flexibility index (Phi) is 11.1. The Hall–Kier alpha value is -4.73. The lowest BCUT2D eigenvalue weighted by Crippen LogP contribution is -2.30. The molecule has 0 bridgehead atoms. The fourth-order valence-electron chi connectivity index (χ4n) is 4.11. The quantitative estimate of drug-likeness (QED) is 0.120. The van der Waals surface area contributed by atoms with Crippen LogP contribution >= 0.6 is 23.4 Å². The molecule has 0 saturated carbocycles. The Bertz CT molecular complexity index is 1690. The van der Waals surface area contributed by atoms with Crippen LogP contribution in [-0.4, -0.2) is 37.2 Å². The van der Waals surface area contributed by atoms with Gasteiger partial charge in [0.25, 0.3) is 11.8 Å². The van der Waals surface area contributed by atoms with Gasteiger partial charge >= 0.3 is 0 Å². The SMILES string of the molecule is COc1cccc(/C=C(\NC(=O)c2ccccc2)C(=O)Nc2cccc(SC(C)C(=O)Nc3cc(C)c(Cl)cc3OC)c2)c1. The van der Waals surface area contributed by atoms with Crippen molar-refractivity contribution in [2.75, 3.05) is 24.9 Å². The number of aryl methyl sites for hydroxylation is 1. The summed E-state index contributed by atoms with van der Waals surface area (Å²) in [6, 6.07) is 26.3. The van der Waals surface area contributed by atoms with Crippen LogP contribution in [0.5, 0.6) is 11.5 Å². The van der Waals surface area contributed by atoms with Crippen molar-refractivity contribution in [2.24, 2.45) is 0 Å². The van der Waals surface area contributed by atoms with E-state index in [9.17, 15) is 14.4 Å². The van der Waals surface area contributed by atoms with E-state index in [1.165, 1.54) is 18.9 Å². The molecule has 3 amide bonds. The number of methoxy groups -OCH3 is 2. The molecule has 226 valence electrons. The van der Waals surface area contributed by atoms with Crippen LogP contribution in [0.3, 0.4) is 0 Å². The molecule has 0 spiro atoms. The van der Waals surface area contributed by atoms with E-state index >= 15 is 0 Å². The van der Waals surface area contributed by atoms with Crippen molar-refractivity contribution in [1.82, 2.24) is 5.32 Å². The number of anilines is 2. The van der Waals surface area contributed by atoms with Crippen LogP contribution in [0.1, 0.15) is 28.4 Å². The van der Waals surface area contributed by atoms with Crippen LogP contribution in [0, 0.1) is 6.92 Å². The molecule has 0 radical (unpaired) electrons. The van der Waals surface area contributed by atoms with Gasteiger partial charge in [0.2, 0.25) is 5.91 Å². The first-order chi connectivity index (χ1) is 21.2. The molecule has 1 atom stereocenters. The minimum absolute atomic E-state index is 0.0464. The van der Waals surface area contributed by atoms with Crippen LogP contribution in [0.2, 0.25) is 5.02 Å². The molecule has 4 aromatic rings. The zero-order valence-electron chi connectivity index (χ0n) is 24.6. The third-order valence-corrected chi connectivity index (χ3v) is 7.95. The normalized spacial score (nSPS) is 11.7. The predicted molar refractivity (Wildman–Crippen MR) is 177 cm³/mol. The number of hydrogen-bond acceptors (Lipinski definition) is 6. The third-order valence-electron chi connectivity index (χ3n) is 6.45. The maximum atomic E-state index is 13.5. The second-order valence-corrected chi connectivity index (χ2v) is 11.5. The van der Waals surface area contributed by atoms with E-state index in [0.29, 0.717) is 39.0 Å². The van der Waals surface area contributed by atoms with Crippen LogP contribution < -0.4 is 25.4 Å². The molecule has 10 heteroatoms. The molecule has 3 N–H and O–H groups in total. The molecule has 0 aliphatic heterocycles. The number of hydrogen-bond donors (Lipinski definition) is 3. The maximum absolute atomic E-state index is 13.5. The van der Waals surface area contributed by atoms with E-state index in [0.717, 1.165) is 10.5 Å². The number of amides is 3. The third kappa shape index (κ3) is 8.65. The molecule has 0 saturated heterocycles. The minimum atomic E-state index is -0.518. The number of rotatable bonds is 11. The number of benzene rings is 4. The topological polar surface area (TPSA) is 106 Å². The molecular formula is C34H32ClN3O5S. The molecule has 0 heterocycles. The predicted octanol–water partition coefficient (Wildman–Crippen LogP) is 7.19. The lowest BCUT2D eigenvalue weighted by molar-refractivity contribution is -0.115. The van der Waals surface area contributed by atoms with Gasteiger partial charge in [0.15, 0.2) is 0 Å². The fraction of sp³-hybridized carbons (Fsp3) is 0.147. The Morgan fingerprint density at radius 1 is 0.864 bits per heavy atom. The number of carbonyl (C=O) groups excluding carboxylic acids is 3. The van der Waals surface area contributed by atoms with E-state index in [1.807, 2.05) is 13.0 Å². The van der Waals surface area contributed by atoms with Crippen molar-refractivity contribution >= 4 is 58.5 Å². The largest absolute Gasteiger partial charge is 0.497 e. The molecule has 8 nitrogen and oxygen atoms in total. The second-order valence-electron chi connectivity index (χ2n) is 9.69. The molecule has 1 unspecified atom stereocenters. The lowest BCUT2D eigenvalue weighted by Gasteiger charge is -2.16. The summed E-state index contributed by atoms with van der Waals surface area (Å²) in [7, 11) is 3.07. The lowest BCUT2D eigenvalue weighted by atomic mass is 10.1. The summed E-state index contributed by atoms with van der Waals surface area (Å²) in [5.74, 6) is -0.0909. The van der Waals surface area contributed by atoms with Crippen LogP contribution in [0.25, 0.3) is 6.08 Å². The smallest absolute Gasteiger partial charge is 0.272 e. The summed E-state index contributed by atoms with van der Waals surface area (Å²) in [6.45, 7) is 3.63. The molecule has 4 rings (SSSR count). The Morgan fingerprint density at radius 2 is 1.61 bits per heavy atom. The number of nitrogens with one attached hydrogen (secondary N) is 3. The zero-order chi connectivity index (χ0) is 31.6. The Morgan fingerprint density at radius 3 is 2.34 bits per heavy atom. The number of halogens is 1. The first-order valence-corrected chi connectivity index (χ1v) is 14.9.